The van der Waals surface area contributed by atoms with Crippen molar-refractivity contribution in [3.63, 3.8) is 0 Å². The van der Waals surface area contributed by atoms with Crippen molar-refractivity contribution in [2.45, 2.75) is 18.9 Å². The van der Waals surface area contributed by atoms with Gasteiger partial charge in [0.15, 0.2) is 6.61 Å². The number of aliphatic carboxylic acids is 1. The van der Waals surface area contributed by atoms with Gasteiger partial charge in [0.2, 0.25) is 0 Å². The lowest BCUT2D eigenvalue weighted by molar-refractivity contribution is -0.148. The molecule has 2 aromatic carbocycles. The van der Waals surface area contributed by atoms with E-state index in [1.165, 1.54) is 4.90 Å². The molecule has 0 saturated carbocycles. The molecule has 1 atom stereocenters. The van der Waals surface area contributed by atoms with E-state index >= 15 is 0 Å². The second-order valence-electron chi connectivity index (χ2n) is 5.35. The molecule has 0 bridgehead atoms. The highest BCUT2D eigenvalue weighted by Crippen LogP contribution is 2.25. The fraction of sp³-hybridized carbons (Fsp3) is 0.294. The maximum Gasteiger partial charge on any atom is 0.326 e. The summed E-state index contributed by atoms with van der Waals surface area (Å²) in [4.78, 5) is 24.7. The zero-order valence-electron chi connectivity index (χ0n) is 12.1. The summed E-state index contributed by atoms with van der Waals surface area (Å²) in [6.45, 7) is 0.340. The fourth-order valence-electron chi connectivity index (χ4n) is 2.87. The van der Waals surface area contributed by atoms with Crippen LogP contribution in [0, 0.1) is 0 Å². The van der Waals surface area contributed by atoms with Crippen LogP contribution in [0.25, 0.3) is 10.8 Å². The Morgan fingerprint density at radius 1 is 1.18 bits per heavy atom. The highest BCUT2D eigenvalue weighted by Gasteiger charge is 2.33. The van der Waals surface area contributed by atoms with Gasteiger partial charge < -0.3 is 14.7 Å². The van der Waals surface area contributed by atoms with Crippen molar-refractivity contribution >= 4 is 22.6 Å². The van der Waals surface area contributed by atoms with E-state index in [-0.39, 0.29) is 12.5 Å². The van der Waals surface area contributed by atoms with E-state index in [1.807, 2.05) is 42.5 Å². The Morgan fingerprint density at radius 3 is 2.77 bits per heavy atom. The molecule has 1 heterocycles. The van der Waals surface area contributed by atoms with Crippen LogP contribution in [0.1, 0.15) is 12.8 Å². The van der Waals surface area contributed by atoms with Gasteiger partial charge in [-0.1, -0.05) is 36.4 Å². The molecule has 0 spiro atoms. The quantitative estimate of drug-likeness (QED) is 0.940. The van der Waals surface area contributed by atoms with Crippen molar-refractivity contribution in [2.24, 2.45) is 0 Å². The summed E-state index contributed by atoms with van der Waals surface area (Å²) in [6.07, 6.45) is 1.23. The predicted octanol–water partition coefficient (Wildman–Crippen LogP) is 2.29. The molecule has 5 nitrogen and oxygen atoms in total. The number of rotatable bonds is 4. The standard InChI is InChI=1S/C17H17NO4/c19-16(18-10-4-8-14(18)17(20)21)11-22-15-9-3-6-12-5-1-2-7-13(12)15/h1-3,5-7,9,14H,4,8,10-11H2,(H,20,21)/t14-/m0/s1. The van der Waals surface area contributed by atoms with Crippen LogP contribution >= 0.6 is 0 Å². The van der Waals surface area contributed by atoms with Crippen molar-refractivity contribution in [2.75, 3.05) is 13.2 Å². The lowest BCUT2D eigenvalue weighted by Crippen LogP contribution is -2.42. The second kappa shape index (κ2) is 6.05. The number of likely N-dealkylation sites (tertiary alicyclic amines) is 1. The van der Waals surface area contributed by atoms with Crippen molar-refractivity contribution < 1.29 is 19.4 Å². The molecular weight excluding hydrogens is 282 g/mol. The molecule has 0 radical (unpaired) electrons. The number of fused-ring (bicyclic) bond motifs is 1. The van der Waals surface area contributed by atoms with Gasteiger partial charge in [0, 0.05) is 11.9 Å². The zero-order valence-corrected chi connectivity index (χ0v) is 12.1. The first-order chi connectivity index (χ1) is 10.7. The largest absolute Gasteiger partial charge is 0.483 e. The molecule has 1 aliphatic rings. The second-order valence-corrected chi connectivity index (χ2v) is 5.35. The molecule has 1 fully saturated rings. The van der Waals surface area contributed by atoms with Gasteiger partial charge in [0.1, 0.15) is 11.8 Å². The van der Waals surface area contributed by atoms with Crippen LogP contribution in [-0.4, -0.2) is 41.1 Å². The van der Waals surface area contributed by atoms with Gasteiger partial charge in [0.25, 0.3) is 5.91 Å². The lowest BCUT2D eigenvalue weighted by atomic mass is 10.1. The first-order valence-electron chi connectivity index (χ1n) is 7.29. The number of carbonyl (C=O) groups is 2. The average molecular weight is 299 g/mol. The SMILES string of the molecule is O=C(O)[C@@H]1CCCN1C(=O)COc1cccc2ccccc12. The summed E-state index contributed by atoms with van der Waals surface area (Å²) in [7, 11) is 0. The van der Waals surface area contributed by atoms with Crippen LogP contribution in [0.4, 0.5) is 0 Å². The van der Waals surface area contributed by atoms with E-state index in [4.69, 9.17) is 9.84 Å². The summed E-state index contributed by atoms with van der Waals surface area (Å²) >= 11 is 0. The Balaban J connectivity index is 1.71. The first-order valence-corrected chi connectivity index (χ1v) is 7.29. The van der Waals surface area contributed by atoms with Crippen LogP contribution in [0.3, 0.4) is 0 Å². The molecule has 3 rings (SSSR count). The number of carboxylic acid groups (broad SMARTS) is 1. The summed E-state index contributed by atoms with van der Waals surface area (Å²) in [5.41, 5.74) is 0. The van der Waals surface area contributed by atoms with Crippen LogP contribution in [0.5, 0.6) is 5.75 Å². The average Bonchev–Trinajstić information content (AvgIpc) is 3.02. The van der Waals surface area contributed by atoms with Crippen LogP contribution in [0.15, 0.2) is 42.5 Å². The number of amides is 1. The number of nitrogens with zero attached hydrogens (tertiary/aromatic N) is 1. The third-order valence-corrected chi connectivity index (χ3v) is 3.96. The molecule has 1 N–H and O–H groups in total. The van der Waals surface area contributed by atoms with E-state index < -0.39 is 12.0 Å². The molecule has 1 aliphatic heterocycles. The Bertz CT molecular complexity index is 707. The van der Waals surface area contributed by atoms with E-state index in [0.29, 0.717) is 18.7 Å². The van der Waals surface area contributed by atoms with E-state index in [2.05, 4.69) is 0 Å². The van der Waals surface area contributed by atoms with Gasteiger partial charge in [-0.25, -0.2) is 4.79 Å². The molecule has 22 heavy (non-hydrogen) atoms. The van der Waals surface area contributed by atoms with E-state index in [9.17, 15) is 9.59 Å². The number of carboxylic acids is 1. The summed E-state index contributed by atoms with van der Waals surface area (Å²) in [5.74, 6) is -0.591. The Kier molecular flexibility index (Phi) is 3.96. The third-order valence-electron chi connectivity index (χ3n) is 3.96. The van der Waals surface area contributed by atoms with Gasteiger partial charge in [-0.05, 0) is 24.3 Å². The summed E-state index contributed by atoms with van der Waals surface area (Å²) in [6, 6.07) is 12.7. The van der Waals surface area contributed by atoms with Crippen molar-refractivity contribution in [3.05, 3.63) is 42.5 Å². The van der Waals surface area contributed by atoms with Crippen molar-refractivity contribution in [3.8, 4) is 5.75 Å². The van der Waals surface area contributed by atoms with Crippen LogP contribution in [0.2, 0.25) is 0 Å². The minimum atomic E-state index is -0.948. The fourth-order valence-corrected chi connectivity index (χ4v) is 2.87. The maximum atomic E-state index is 12.2. The van der Waals surface area contributed by atoms with Crippen molar-refractivity contribution in [1.29, 1.82) is 0 Å². The number of hydrogen-bond donors (Lipinski definition) is 1. The topological polar surface area (TPSA) is 66.8 Å². The van der Waals surface area contributed by atoms with Gasteiger partial charge in [-0.3, -0.25) is 4.79 Å². The van der Waals surface area contributed by atoms with Crippen LogP contribution < -0.4 is 4.74 Å². The Labute approximate surface area is 128 Å². The molecule has 0 unspecified atom stereocenters. The highest BCUT2D eigenvalue weighted by atomic mass is 16.5. The summed E-state index contributed by atoms with van der Waals surface area (Å²) < 4.78 is 5.64. The smallest absolute Gasteiger partial charge is 0.326 e. The van der Waals surface area contributed by atoms with Gasteiger partial charge in [0.05, 0.1) is 0 Å². The Morgan fingerprint density at radius 2 is 1.95 bits per heavy atom. The van der Waals surface area contributed by atoms with Gasteiger partial charge in [-0.2, -0.15) is 0 Å². The lowest BCUT2D eigenvalue weighted by Gasteiger charge is -2.21. The van der Waals surface area contributed by atoms with E-state index in [0.717, 1.165) is 17.2 Å². The number of benzene rings is 2. The Hall–Kier alpha value is -2.56. The number of carbonyl (C=O) groups excluding carboxylic acids is 1. The molecule has 2 aromatic rings. The van der Waals surface area contributed by atoms with Crippen LogP contribution in [-0.2, 0) is 9.59 Å². The summed E-state index contributed by atoms with van der Waals surface area (Å²) in [5, 5.41) is 11.1. The maximum absolute atomic E-state index is 12.2. The van der Waals surface area contributed by atoms with E-state index in [1.54, 1.807) is 0 Å². The first kappa shape index (κ1) is 14.4. The monoisotopic (exact) mass is 299 g/mol. The van der Waals surface area contributed by atoms with Gasteiger partial charge in [-0.15, -0.1) is 0 Å². The molecule has 1 saturated heterocycles. The molecule has 5 heteroatoms. The third kappa shape index (κ3) is 2.74. The minimum absolute atomic E-state index is 0.141. The molecular formula is C17H17NO4. The van der Waals surface area contributed by atoms with Crippen molar-refractivity contribution in [1.82, 2.24) is 4.90 Å². The minimum Gasteiger partial charge on any atom is -0.483 e. The predicted molar refractivity (Wildman–Crippen MR) is 81.8 cm³/mol. The highest BCUT2D eigenvalue weighted by molar-refractivity contribution is 5.89. The van der Waals surface area contributed by atoms with Gasteiger partial charge >= 0.3 is 5.97 Å². The molecule has 0 aromatic heterocycles. The zero-order chi connectivity index (χ0) is 15.5. The molecule has 1 amide bonds. The molecule has 114 valence electrons. The normalized spacial score (nSPS) is 17.6. The number of ether oxygens (including phenoxy) is 1. The molecule has 0 aliphatic carbocycles. The number of hydrogen-bond acceptors (Lipinski definition) is 3.